The molecule has 490 valence electrons. The molecule has 0 bridgehead atoms. The van der Waals surface area contributed by atoms with Crippen molar-refractivity contribution in [3.63, 3.8) is 0 Å². The summed E-state index contributed by atoms with van der Waals surface area (Å²) in [6.07, 6.45) is 65.9. The van der Waals surface area contributed by atoms with Gasteiger partial charge in [-0.2, -0.15) is 0 Å². The second-order valence-electron chi connectivity index (χ2n) is 23.8. The van der Waals surface area contributed by atoms with Gasteiger partial charge in [0.05, 0.1) is 6.61 Å². The van der Waals surface area contributed by atoms with Crippen molar-refractivity contribution in [2.75, 3.05) is 13.2 Å². The molecule has 0 saturated carbocycles. The van der Waals surface area contributed by atoms with Gasteiger partial charge in [0.25, 0.3) is 0 Å². The number of ether oxygens (including phenoxy) is 5. The molecule has 1 aliphatic heterocycles. The molecule has 0 aliphatic carbocycles. The molecule has 1 aliphatic rings. The van der Waals surface area contributed by atoms with Crippen molar-refractivity contribution in [3.05, 3.63) is 72.9 Å². The van der Waals surface area contributed by atoms with Gasteiger partial charge >= 0.3 is 23.9 Å². The van der Waals surface area contributed by atoms with E-state index >= 15 is 0 Å². The molecule has 1 rings (SSSR count). The Morgan fingerprint density at radius 3 is 1.11 bits per heavy atom. The van der Waals surface area contributed by atoms with Crippen molar-refractivity contribution in [2.24, 2.45) is 0 Å². The van der Waals surface area contributed by atoms with Gasteiger partial charge < -0.3 is 39.0 Å². The molecular formula is C73H126O12. The molecule has 1 heterocycles. The van der Waals surface area contributed by atoms with Crippen molar-refractivity contribution in [3.8, 4) is 0 Å². The molecule has 3 N–H and O–H groups in total. The summed E-state index contributed by atoms with van der Waals surface area (Å²) < 4.78 is 28.5. The number of unbranched alkanes of at least 4 members (excludes halogenated alkanes) is 34. The number of rotatable bonds is 60. The summed E-state index contributed by atoms with van der Waals surface area (Å²) in [6, 6.07) is 0. The highest BCUT2D eigenvalue weighted by molar-refractivity contribution is 5.74. The highest BCUT2D eigenvalue weighted by Crippen LogP contribution is 2.27. The topological polar surface area (TPSA) is 175 Å². The zero-order chi connectivity index (χ0) is 61.7. The van der Waals surface area contributed by atoms with Gasteiger partial charge in [0, 0.05) is 19.3 Å². The SMILES string of the molecule is CC/C=C\C/C=C\C/C=C\C/C=C\C/C=C\C/C=C\CCC(=O)OC1C(OCC(COC(=O)CCCCCCCCCCCCCCCCCCCCC)OC(=O)CCCCCCCCCCCCCCCCCCC)OC(C(=O)O)C(O)C1O. The number of carboxylic acid groups (broad SMARTS) is 1. The maximum absolute atomic E-state index is 13.2. The molecule has 12 heteroatoms. The minimum absolute atomic E-state index is 0.0638. The normalized spacial score (nSPS) is 17.9. The predicted molar refractivity (Wildman–Crippen MR) is 349 cm³/mol. The number of aliphatic hydroxyl groups is 2. The average Bonchev–Trinajstić information content (AvgIpc) is 2.79. The van der Waals surface area contributed by atoms with Gasteiger partial charge in [-0.25, -0.2) is 4.79 Å². The van der Waals surface area contributed by atoms with E-state index in [-0.39, 0.29) is 25.9 Å². The summed E-state index contributed by atoms with van der Waals surface area (Å²) >= 11 is 0. The van der Waals surface area contributed by atoms with Gasteiger partial charge in [-0.1, -0.05) is 312 Å². The largest absolute Gasteiger partial charge is 0.479 e. The standard InChI is InChI=1S/C73H126O12/c1-4-7-10-13-16-19-22-25-28-31-33-36-38-41-44-47-50-53-56-59-65(74)81-62-64(83-66(75)60-57-54-51-48-45-42-39-35-30-27-24-21-18-15-12-9-6-3)63-82-73-71(69(78)68(77)70(85-73)72(79)80)84-67(76)61-58-55-52-49-46-43-40-37-34-32-29-26-23-20-17-14-11-8-5-2/h8,11,17,20,26,29,34,37,43,46,52,55,64,68-71,73,77-78H,4-7,9-10,12-16,18-19,21-25,27-28,30-33,35-36,38-42,44-45,47-51,53-54,56-63H2,1-3H3,(H,79,80)/b11-8-,20-17-,29-26-,37-34-,46-43-,55-52-. The van der Waals surface area contributed by atoms with Crippen LogP contribution in [0.25, 0.3) is 0 Å². The number of carboxylic acids is 1. The quantitative estimate of drug-likeness (QED) is 0.0228. The van der Waals surface area contributed by atoms with Crippen LogP contribution in [0.5, 0.6) is 0 Å². The summed E-state index contributed by atoms with van der Waals surface area (Å²) in [7, 11) is 0. The minimum atomic E-state index is -1.93. The highest BCUT2D eigenvalue weighted by atomic mass is 16.7. The predicted octanol–water partition coefficient (Wildman–Crippen LogP) is 19.2. The van der Waals surface area contributed by atoms with E-state index in [2.05, 4.69) is 75.5 Å². The molecule has 85 heavy (non-hydrogen) atoms. The van der Waals surface area contributed by atoms with Crippen molar-refractivity contribution < 1.29 is 58.2 Å². The van der Waals surface area contributed by atoms with Crippen LogP contribution in [0.1, 0.15) is 316 Å². The molecule has 0 amide bonds. The molecule has 6 atom stereocenters. The Balaban J connectivity index is 2.66. The molecule has 0 aromatic carbocycles. The van der Waals surface area contributed by atoms with Crippen molar-refractivity contribution in [1.29, 1.82) is 0 Å². The van der Waals surface area contributed by atoms with E-state index in [4.69, 9.17) is 23.7 Å². The lowest BCUT2D eigenvalue weighted by Crippen LogP contribution is -2.61. The van der Waals surface area contributed by atoms with Gasteiger partial charge in [0.15, 0.2) is 24.6 Å². The van der Waals surface area contributed by atoms with E-state index in [1.165, 1.54) is 180 Å². The van der Waals surface area contributed by atoms with Gasteiger partial charge in [-0.05, 0) is 57.8 Å². The Morgan fingerprint density at radius 2 is 0.741 bits per heavy atom. The zero-order valence-electron chi connectivity index (χ0n) is 54.3. The second kappa shape index (κ2) is 60.4. The van der Waals surface area contributed by atoms with E-state index in [0.717, 1.165) is 70.6 Å². The number of hydrogen-bond donors (Lipinski definition) is 3. The Morgan fingerprint density at radius 1 is 0.400 bits per heavy atom. The maximum Gasteiger partial charge on any atom is 0.335 e. The first-order valence-electron chi connectivity index (χ1n) is 34.9. The minimum Gasteiger partial charge on any atom is -0.479 e. The van der Waals surface area contributed by atoms with Crippen molar-refractivity contribution in [2.45, 2.75) is 353 Å². The van der Waals surface area contributed by atoms with E-state index in [1.807, 2.05) is 18.2 Å². The summed E-state index contributed by atoms with van der Waals surface area (Å²) in [5, 5.41) is 31.6. The lowest BCUT2D eigenvalue weighted by molar-refractivity contribution is -0.301. The molecule has 1 fully saturated rings. The lowest BCUT2D eigenvalue weighted by atomic mass is 9.98. The van der Waals surface area contributed by atoms with Crippen molar-refractivity contribution >= 4 is 23.9 Å². The molecular weight excluding hydrogens is 1070 g/mol. The number of carbonyl (C=O) groups excluding carboxylic acids is 3. The lowest BCUT2D eigenvalue weighted by Gasteiger charge is -2.40. The number of carbonyl (C=O) groups is 4. The summed E-state index contributed by atoms with van der Waals surface area (Å²) in [5.41, 5.74) is 0. The fourth-order valence-corrected chi connectivity index (χ4v) is 10.5. The number of aliphatic carboxylic acids is 1. The molecule has 6 unspecified atom stereocenters. The van der Waals surface area contributed by atoms with Crippen LogP contribution in [-0.4, -0.2) is 89.2 Å². The van der Waals surface area contributed by atoms with Crippen LogP contribution < -0.4 is 0 Å². The Bertz CT molecular complexity index is 1750. The first-order valence-corrected chi connectivity index (χ1v) is 34.9. The zero-order valence-corrected chi connectivity index (χ0v) is 54.3. The molecule has 1 saturated heterocycles. The molecule has 0 aromatic rings. The third-order valence-corrected chi connectivity index (χ3v) is 15.8. The average molecular weight is 1200 g/mol. The van der Waals surface area contributed by atoms with Gasteiger partial charge in [0.1, 0.15) is 18.8 Å². The summed E-state index contributed by atoms with van der Waals surface area (Å²) in [4.78, 5) is 51.4. The smallest absolute Gasteiger partial charge is 0.335 e. The Hall–Kier alpha value is -3.84. The molecule has 12 nitrogen and oxygen atoms in total. The van der Waals surface area contributed by atoms with Crippen LogP contribution in [-0.2, 0) is 42.9 Å². The van der Waals surface area contributed by atoms with E-state index in [9.17, 15) is 34.5 Å². The van der Waals surface area contributed by atoms with E-state index < -0.39 is 67.3 Å². The Kier molecular flexibility index (Phi) is 56.3. The van der Waals surface area contributed by atoms with Crippen molar-refractivity contribution in [1.82, 2.24) is 0 Å². The number of aliphatic hydroxyl groups excluding tert-OH is 2. The van der Waals surface area contributed by atoms with E-state index in [0.29, 0.717) is 25.7 Å². The third kappa shape index (κ3) is 49.8. The fourth-order valence-electron chi connectivity index (χ4n) is 10.5. The molecule has 0 spiro atoms. The number of esters is 3. The second-order valence-corrected chi connectivity index (χ2v) is 23.8. The van der Waals surface area contributed by atoms with Crippen LogP contribution in [0, 0.1) is 0 Å². The maximum atomic E-state index is 13.2. The van der Waals surface area contributed by atoms with Crippen LogP contribution in [0.4, 0.5) is 0 Å². The van der Waals surface area contributed by atoms with E-state index in [1.54, 1.807) is 0 Å². The summed E-state index contributed by atoms with van der Waals surface area (Å²) in [6.45, 7) is 5.92. The van der Waals surface area contributed by atoms with Crippen LogP contribution in [0.2, 0.25) is 0 Å². The van der Waals surface area contributed by atoms with Gasteiger partial charge in [-0.15, -0.1) is 0 Å². The highest BCUT2D eigenvalue weighted by Gasteiger charge is 2.50. The Labute approximate surface area is 518 Å². The number of allylic oxidation sites excluding steroid dienone is 12. The third-order valence-electron chi connectivity index (χ3n) is 15.8. The first-order chi connectivity index (χ1) is 41.6. The monoisotopic (exact) mass is 1190 g/mol. The fraction of sp³-hybridized carbons (Fsp3) is 0.781. The van der Waals surface area contributed by atoms with Crippen LogP contribution in [0.3, 0.4) is 0 Å². The van der Waals surface area contributed by atoms with Crippen LogP contribution >= 0.6 is 0 Å². The first kappa shape index (κ1) is 79.2. The van der Waals surface area contributed by atoms with Gasteiger partial charge in [0.2, 0.25) is 0 Å². The number of hydrogen-bond acceptors (Lipinski definition) is 11. The van der Waals surface area contributed by atoms with Crippen LogP contribution in [0.15, 0.2) is 72.9 Å². The molecule has 0 aromatic heterocycles. The summed E-state index contributed by atoms with van der Waals surface area (Å²) in [5.74, 6) is -3.20. The van der Waals surface area contributed by atoms with Gasteiger partial charge in [-0.3, -0.25) is 14.4 Å². The molecule has 0 radical (unpaired) electrons.